The Hall–Kier alpha value is -1.91. The van der Waals surface area contributed by atoms with Crippen molar-refractivity contribution in [3.05, 3.63) is 52.0 Å². The third-order valence-corrected chi connectivity index (χ3v) is 3.71. The first-order valence-electron chi connectivity index (χ1n) is 7.19. The predicted octanol–water partition coefficient (Wildman–Crippen LogP) is 4.68. The van der Waals surface area contributed by atoms with Crippen LogP contribution >= 0.6 is 23.2 Å². The van der Waals surface area contributed by atoms with Crippen LogP contribution in [0.4, 0.5) is 11.4 Å². The summed E-state index contributed by atoms with van der Waals surface area (Å²) in [6, 6.07) is 10.5. The van der Waals surface area contributed by atoms with Gasteiger partial charge in [0.25, 0.3) is 0 Å². The molecule has 4 nitrogen and oxygen atoms in total. The summed E-state index contributed by atoms with van der Waals surface area (Å²) in [5, 5.41) is 3.80. The van der Waals surface area contributed by atoms with Crippen molar-refractivity contribution in [1.29, 1.82) is 0 Å². The molecule has 0 atom stereocenters. The van der Waals surface area contributed by atoms with E-state index >= 15 is 0 Å². The maximum atomic E-state index is 11.9. The van der Waals surface area contributed by atoms with E-state index in [0.29, 0.717) is 46.6 Å². The van der Waals surface area contributed by atoms with Gasteiger partial charge in [-0.2, -0.15) is 0 Å². The Morgan fingerprint density at radius 3 is 2.70 bits per heavy atom. The summed E-state index contributed by atoms with van der Waals surface area (Å²) >= 11 is 11.8. The van der Waals surface area contributed by atoms with Gasteiger partial charge in [-0.3, -0.25) is 4.79 Å². The van der Waals surface area contributed by atoms with Gasteiger partial charge < -0.3 is 15.8 Å². The number of amides is 1. The van der Waals surface area contributed by atoms with Crippen LogP contribution < -0.4 is 15.8 Å². The van der Waals surface area contributed by atoms with Crippen molar-refractivity contribution < 1.29 is 9.53 Å². The van der Waals surface area contributed by atoms with Crippen molar-refractivity contribution in [3.63, 3.8) is 0 Å². The molecule has 2 aromatic rings. The molecule has 0 saturated carbocycles. The molecule has 1 amide bonds. The molecule has 2 aromatic carbocycles. The van der Waals surface area contributed by atoms with Crippen molar-refractivity contribution in [2.75, 3.05) is 17.7 Å². The number of anilines is 2. The number of hydrogen-bond donors (Lipinski definition) is 2. The molecule has 3 N–H and O–H groups in total. The van der Waals surface area contributed by atoms with Crippen LogP contribution in [-0.4, -0.2) is 12.5 Å². The quantitative estimate of drug-likeness (QED) is 0.585. The smallest absolute Gasteiger partial charge is 0.224 e. The van der Waals surface area contributed by atoms with Gasteiger partial charge in [0, 0.05) is 11.4 Å². The van der Waals surface area contributed by atoms with Crippen molar-refractivity contribution in [2.24, 2.45) is 0 Å². The number of nitrogens with one attached hydrogen (secondary N) is 1. The number of carbonyl (C=O) groups is 1. The molecule has 6 heteroatoms. The number of nitrogens with two attached hydrogens (primary N) is 1. The van der Waals surface area contributed by atoms with Crippen molar-refractivity contribution >= 4 is 40.5 Å². The van der Waals surface area contributed by atoms with Crippen molar-refractivity contribution in [3.8, 4) is 5.75 Å². The van der Waals surface area contributed by atoms with Gasteiger partial charge in [-0.15, -0.1) is 0 Å². The molecule has 122 valence electrons. The van der Waals surface area contributed by atoms with Gasteiger partial charge in [-0.05, 0) is 49.2 Å². The topological polar surface area (TPSA) is 64.3 Å². The molecule has 23 heavy (non-hydrogen) atoms. The fourth-order valence-electron chi connectivity index (χ4n) is 2.02. The van der Waals surface area contributed by atoms with E-state index < -0.39 is 0 Å². The predicted molar refractivity (Wildman–Crippen MR) is 95.4 cm³/mol. The molecule has 0 aromatic heterocycles. The van der Waals surface area contributed by atoms with E-state index in [2.05, 4.69) is 5.32 Å². The summed E-state index contributed by atoms with van der Waals surface area (Å²) in [6.07, 6.45) is 0.898. The number of halogens is 2. The Morgan fingerprint density at radius 2 is 2.00 bits per heavy atom. The molecule has 0 bridgehead atoms. The Labute approximate surface area is 145 Å². The van der Waals surface area contributed by atoms with Gasteiger partial charge in [-0.1, -0.05) is 29.3 Å². The Kier molecular flexibility index (Phi) is 6.13. The van der Waals surface area contributed by atoms with E-state index in [1.165, 1.54) is 0 Å². The minimum atomic E-state index is -0.105. The fourth-order valence-corrected chi connectivity index (χ4v) is 2.48. The molecular weight excluding hydrogens is 335 g/mol. The second-order valence-electron chi connectivity index (χ2n) is 5.17. The van der Waals surface area contributed by atoms with Crippen LogP contribution in [0, 0.1) is 6.92 Å². The Morgan fingerprint density at radius 1 is 1.22 bits per heavy atom. The van der Waals surface area contributed by atoms with Gasteiger partial charge in [-0.25, -0.2) is 0 Å². The third-order valence-electron chi connectivity index (χ3n) is 3.18. The van der Waals surface area contributed by atoms with Gasteiger partial charge in [0.1, 0.15) is 5.75 Å². The largest absolute Gasteiger partial charge is 0.492 e. The number of aryl methyl sites for hydroxylation is 1. The number of hydrogen-bond acceptors (Lipinski definition) is 3. The standard InChI is InChI=1S/C17H18Cl2N2O2/c1-11-4-6-15(14(20)9-11)21-17(22)3-2-8-23-16-7-5-12(18)10-13(16)19/h4-7,9-10H,2-3,8,20H2,1H3,(H,21,22). The van der Waals surface area contributed by atoms with Crippen LogP contribution in [0.25, 0.3) is 0 Å². The fraction of sp³-hybridized carbons (Fsp3) is 0.235. The second kappa shape index (κ2) is 8.09. The summed E-state index contributed by atoms with van der Waals surface area (Å²) in [7, 11) is 0. The summed E-state index contributed by atoms with van der Waals surface area (Å²) in [5.41, 5.74) is 8.10. The number of nitrogen functional groups attached to an aromatic ring is 1. The Bertz CT molecular complexity index is 705. The molecule has 0 aliphatic rings. The lowest BCUT2D eigenvalue weighted by Gasteiger charge is -2.10. The summed E-state index contributed by atoms with van der Waals surface area (Å²) in [4.78, 5) is 11.9. The average Bonchev–Trinajstić information content (AvgIpc) is 2.48. The highest BCUT2D eigenvalue weighted by atomic mass is 35.5. The first kappa shape index (κ1) is 17.4. The van der Waals surface area contributed by atoms with E-state index in [-0.39, 0.29) is 5.91 Å². The van der Waals surface area contributed by atoms with Gasteiger partial charge >= 0.3 is 0 Å². The minimum Gasteiger partial charge on any atom is -0.492 e. The maximum absolute atomic E-state index is 11.9. The van der Waals surface area contributed by atoms with Crippen LogP contribution in [0.1, 0.15) is 18.4 Å². The zero-order valence-electron chi connectivity index (χ0n) is 12.7. The molecule has 0 spiro atoms. The first-order chi connectivity index (χ1) is 11.0. The summed E-state index contributed by atoms with van der Waals surface area (Å²) in [5.74, 6) is 0.450. The van der Waals surface area contributed by atoms with E-state index in [1.807, 2.05) is 19.1 Å². The molecule has 0 aliphatic heterocycles. The SMILES string of the molecule is Cc1ccc(NC(=O)CCCOc2ccc(Cl)cc2Cl)c(N)c1. The monoisotopic (exact) mass is 352 g/mol. The Balaban J connectivity index is 1.76. The van der Waals surface area contributed by atoms with Gasteiger partial charge in [0.05, 0.1) is 23.0 Å². The maximum Gasteiger partial charge on any atom is 0.224 e. The molecular formula is C17H18Cl2N2O2. The zero-order valence-corrected chi connectivity index (χ0v) is 14.2. The lowest BCUT2D eigenvalue weighted by Crippen LogP contribution is -2.14. The minimum absolute atomic E-state index is 0.105. The molecule has 2 rings (SSSR count). The van der Waals surface area contributed by atoms with Crippen LogP contribution in [0.5, 0.6) is 5.75 Å². The normalized spacial score (nSPS) is 10.4. The van der Waals surface area contributed by atoms with Crippen molar-refractivity contribution in [2.45, 2.75) is 19.8 Å². The molecule has 0 fully saturated rings. The lowest BCUT2D eigenvalue weighted by molar-refractivity contribution is -0.116. The highest BCUT2D eigenvalue weighted by Crippen LogP contribution is 2.27. The number of ether oxygens (including phenoxy) is 1. The van der Waals surface area contributed by atoms with E-state index in [4.69, 9.17) is 33.7 Å². The molecule has 0 heterocycles. The summed E-state index contributed by atoms with van der Waals surface area (Å²) in [6.45, 7) is 2.33. The molecule has 0 aliphatic carbocycles. The van der Waals surface area contributed by atoms with Crippen LogP contribution in [0.3, 0.4) is 0 Å². The lowest BCUT2D eigenvalue weighted by atomic mass is 10.2. The first-order valence-corrected chi connectivity index (χ1v) is 7.95. The van der Waals surface area contributed by atoms with Crippen LogP contribution in [0.15, 0.2) is 36.4 Å². The van der Waals surface area contributed by atoms with Crippen molar-refractivity contribution in [1.82, 2.24) is 0 Å². The molecule has 0 unspecified atom stereocenters. The summed E-state index contributed by atoms with van der Waals surface area (Å²) < 4.78 is 5.54. The second-order valence-corrected chi connectivity index (χ2v) is 6.01. The number of benzene rings is 2. The zero-order chi connectivity index (χ0) is 16.8. The van der Waals surface area contributed by atoms with Crippen LogP contribution in [0.2, 0.25) is 10.0 Å². The van der Waals surface area contributed by atoms with Gasteiger partial charge in [0.15, 0.2) is 0 Å². The highest BCUT2D eigenvalue weighted by molar-refractivity contribution is 6.35. The number of rotatable bonds is 6. The van der Waals surface area contributed by atoms with Gasteiger partial charge in [0.2, 0.25) is 5.91 Å². The molecule has 0 saturated heterocycles. The average molecular weight is 353 g/mol. The highest BCUT2D eigenvalue weighted by Gasteiger charge is 2.06. The van der Waals surface area contributed by atoms with Crippen LogP contribution in [-0.2, 0) is 4.79 Å². The van der Waals surface area contributed by atoms with E-state index in [0.717, 1.165) is 5.56 Å². The van der Waals surface area contributed by atoms with E-state index in [1.54, 1.807) is 24.3 Å². The van der Waals surface area contributed by atoms with E-state index in [9.17, 15) is 4.79 Å². The molecule has 0 radical (unpaired) electrons. The number of carbonyl (C=O) groups excluding carboxylic acids is 1. The third kappa shape index (κ3) is 5.34.